The van der Waals surface area contributed by atoms with Crippen LogP contribution >= 0.6 is 0 Å². The van der Waals surface area contributed by atoms with Crippen molar-refractivity contribution in [3.8, 4) is 6.07 Å². The summed E-state index contributed by atoms with van der Waals surface area (Å²) in [7, 11) is 0. The molecule has 132 valence electrons. The highest BCUT2D eigenvalue weighted by atomic mass is 16.2. The number of benzene rings is 2. The van der Waals surface area contributed by atoms with Crippen LogP contribution in [0.1, 0.15) is 37.4 Å². The molecule has 26 heavy (non-hydrogen) atoms. The lowest BCUT2D eigenvalue weighted by Gasteiger charge is -2.35. The summed E-state index contributed by atoms with van der Waals surface area (Å²) in [6, 6.07) is 14.6. The van der Waals surface area contributed by atoms with Gasteiger partial charge in [0.2, 0.25) is 0 Å². The minimum absolute atomic E-state index is 0.0149. The second kappa shape index (κ2) is 7.40. The van der Waals surface area contributed by atoms with Gasteiger partial charge in [-0.3, -0.25) is 9.59 Å². The number of nitriles is 1. The summed E-state index contributed by atoms with van der Waals surface area (Å²) in [6.45, 7) is 5.96. The van der Waals surface area contributed by atoms with Crippen LogP contribution in [0.5, 0.6) is 0 Å². The highest BCUT2D eigenvalue weighted by Crippen LogP contribution is 2.16. The van der Waals surface area contributed by atoms with Gasteiger partial charge >= 0.3 is 0 Å². The summed E-state index contributed by atoms with van der Waals surface area (Å²) in [6.07, 6.45) is 0. The minimum atomic E-state index is -0.0966. The molecule has 0 radical (unpaired) electrons. The molecule has 3 rings (SSSR count). The summed E-state index contributed by atoms with van der Waals surface area (Å²) >= 11 is 0. The largest absolute Gasteiger partial charge is 0.335 e. The van der Waals surface area contributed by atoms with Crippen LogP contribution in [0, 0.1) is 25.2 Å². The fourth-order valence-electron chi connectivity index (χ4n) is 3.24. The van der Waals surface area contributed by atoms with Crippen molar-refractivity contribution in [1.82, 2.24) is 9.80 Å². The van der Waals surface area contributed by atoms with Gasteiger partial charge in [0.05, 0.1) is 11.6 Å². The Morgan fingerprint density at radius 1 is 0.923 bits per heavy atom. The topological polar surface area (TPSA) is 64.4 Å². The number of rotatable bonds is 2. The molecule has 0 aliphatic carbocycles. The third kappa shape index (κ3) is 3.60. The summed E-state index contributed by atoms with van der Waals surface area (Å²) in [5.74, 6) is -0.0817. The van der Waals surface area contributed by atoms with Crippen LogP contribution in [0.25, 0.3) is 0 Å². The molecule has 1 heterocycles. The van der Waals surface area contributed by atoms with Gasteiger partial charge in [0.15, 0.2) is 0 Å². The van der Waals surface area contributed by atoms with E-state index in [0.717, 1.165) is 16.7 Å². The molecule has 1 aliphatic rings. The first-order valence-corrected chi connectivity index (χ1v) is 8.65. The van der Waals surface area contributed by atoms with Crippen molar-refractivity contribution in [1.29, 1.82) is 5.26 Å². The van der Waals surface area contributed by atoms with E-state index in [-0.39, 0.29) is 11.8 Å². The lowest BCUT2D eigenvalue weighted by molar-refractivity contribution is 0.0535. The molecule has 0 spiro atoms. The Kier molecular flexibility index (Phi) is 5.04. The van der Waals surface area contributed by atoms with Crippen molar-refractivity contribution in [3.63, 3.8) is 0 Å². The van der Waals surface area contributed by atoms with Crippen LogP contribution in [-0.4, -0.2) is 47.8 Å². The van der Waals surface area contributed by atoms with Crippen molar-refractivity contribution in [2.75, 3.05) is 26.2 Å². The Hall–Kier alpha value is -3.13. The van der Waals surface area contributed by atoms with Crippen molar-refractivity contribution >= 4 is 11.8 Å². The zero-order chi connectivity index (χ0) is 18.7. The third-order valence-electron chi connectivity index (χ3n) is 4.71. The first-order valence-electron chi connectivity index (χ1n) is 8.65. The molecule has 0 aromatic heterocycles. The zero-order valence-corrected chi connectivity index (χ0v) is 15.0. The van der Waals surface area contributed by atoms with Crippen molar-refractivity contribution in [2.24, 2.45) is 0 Å². The Morgan fingerprint density at radius 3 is 2.19 bits per heavy atom. The molecule has 2 amide bonds. The number of aryl methyl sites for hydroxylation is 2. The maximum Gasteiger partial charge on any atom is 0.254 e. The molecular weight excluding hydrogens is 326 g/mol. The van der Waals surface area contributed by atoms with E-state index in [9.17, 15) is 9.59 Å². The molecule has 1 aliphatic heterocycles. The van der Waals surface area contributed by atoms with Gasteiger partial charge in [-0.2, -0.15) is 5.26 Å². The molecule has 0 N–H and O–H groups in total. The molecule has 0 saturated carbocycles. The van der Waals surface area contributed by atoms with E-state index in [4.69, 9.17) is 5.26 Å². The fraction of sp³-hybridized carbons (Fsp3) is 0.286. The molecule has 1 saturated heterocycles. The second-order valence-electron chi connectivity index (χ2n) is 6.60. The maximum absolute atomic E-state index is 12.7. The number of amides is 2. The van der Waals surface area contributed by atoms with Crippen LogP contribution in [0.15, 0.2) is 42.5 Å². The number of carbonyl (C=O) groups is 2. The van der Waals surface area contributed by atoms with Gasteiger partial charge in [-0.25, -0.2) is 0 Å². The Bertz CT molecular complexity index is 890. The standard InChI is InChI=1S/C21H21N3O2/c1-15-6-7-19(16(2)12-15)21(26)24-10-8-23(9-11-24)20(25)18-5-3-4-17(13-18)14-22/h3-7,12-13H,8-11H2,1-2H3. The molecule has 2 aromatic rings. The Labute approximate surface area is 153 Å². The van der Waals surface area contributed by atoms with E-state index in [2.05, 4.69) is 6.07 Å². The van der Waals surface area contributed by atoms with Crippen molar-refractivity contribution in [3.05, 3.63) is 70.3 Å². The molecule has 5 heteroatoms. The van der Waals surface area contributed by atoms with E-state index >= 15 is 0 Å². The Balaban J connectivity index is 1.66. The molecule has 0 atom stereocenters. The van der Waals surface area contributed by atoms with Gasteiger partial charge < -0.3 is 9.80 Å². The number of nitrogens with zero attached hydrogens (tertiary/aromatic N) is 3. The van der Waals surface area contributed by atoms with Gasteiger partial charge in [-0.1, -0.05) is 23.8 Å². The summed E-state index contributed by atoms with van der Waals surface area (Å²) < 4.78 is 0. The maximum atomic E-state index is 12.7. The lowest BCUT2D eigenvalue weighted by Crippen LogP contribution is -2.50. The summed E-state index contributed by atoms with van der Waals surface area (Å²) in [5, 5.41) is 8.98. The minimum Gasteiger partial charge on any atom is -0.335 e. The molecule has 1 fully saturated rings. The molecule has 0 bridgehead atoms. The number of carbonyl (C=O) groups excluding carboxylic acids is 2. The quantitative estimate of drug-likeness (QED) is 0.839. The first kappa shape index (κ1) is 17.7. The van der Waals surface area contributed by atoms with Crippen LogP contribution in [0.2, 0.25) is 0 Å². The molecule has 0 unspecified atom stereocenters. The van der Waals surface area contributed by atoms with Crippen molar-refractivity contribution < 1.29 is 9.59 Å². The average molecular weight is 347 g/mol. The highest BCUT2D eigenvalue weighted by Gasteiger charge is 2.26. The predicted octanol–water partition coefficient (Wildman–Crippen LogP) is 2.77. The van der Waals surface area contributed by atoms with E-state index in [0.29, 0.717) is 37.3 Å². The fourth-order valence-corrected chi connectivity index (χ4v) is 3.24. The number of piperazine rings is 1. The molecule has 2 aromatic carbocycles. The van der Waals surface area contributed by atoms with Crippen LogP contribution < -0.4 is 0 Å². The zero-order valence-electron chi connectivity index (χ0n) is 15.0. The predicted molar refractivity (Wildman–Crippen MR) is 98.9 cm³/mol. The normalized spacial score (nSPS) is 14.0. The number of hydrogen-bond acceptors (Lipinski definition) is 3. The SMILES string of the molecule is Cc1ccc(C(=O)N2CCN(C(=O)c3cccc(C#N)c3)CC2)c(C)c1. The smallest absolute Gasteiger partial charge is 0.254 e. The highest BCUT2D eigenvalue weighted by molar-refractivity contribution is 5.97. The lowest BCUT2D eigenvalue weighted by atomic mass is 10.0. The second-order valence-corrected chi connectivity index (χ2v) is 6.60. The van der Waals surface area contributed by atoms with Gasteiger partial charge in [-0.15, -0.1) is 0 Å². The van der Waals surface area contributed by atoms with Gasteiger partial charge in [0, 0.05) is 37.3 Å². The van der Waals surface area contributed by atoms with E-state index in [1.54, 1.807) is 34.1 Å². The number of hydrogen-bond donors (Lipinski definition) is 0. The van der Waals surface area contributed by atoms with Gasteiger partial charge in [-0.05, 0) is 43.7 Å². The average Bonchev–Trinajstić information content (AvgIpc) is 2.67. The van der Waals surface area contributed by atoms with E-state index in [1.165, 1.54) is 0 Å². The summed E-state index contributed by atoms with van der Waals surface area (Å²) in [4.78, 5) is 28.9. The van der Waals surface area contributed by atoms with Gasteiger partial charge in [0.1, 0.15) is 0 Å². The van der Waals surface area contributed by atoms with Crippen LogP contribution in [0.4, 0.5) is 0 Å². The van der Waals surface area contributed by atoms with E-state index < -0.39 is 0 Å². The first-order chi connectivity index (χ1) is 12.5. The van der Waals surface area contributed by atoms with Gasteiger partial charge in [0.25, 0.3) is 11.8 Å². The molecule has 5 nitrogen and oxygen atoms in total. The Morgan fingerprint density at radius 2 is 1.58 bits per heavy atom. The molecular formula is C21H21N3O2. The van der Waals surface area contributed by atoms with Crippen LogP contribution in [-0.2, 0) is 0 Å². The van der Waals surface area contributed by atoms with Crippen LogP contribution in [0.3, 0.4) is 0 Å². The van der Waals surface area contributed by atoms with Crippen molar-refractivity contribution in [2.45, 2.75) is 13.8 Å². The monoisotopic (exact) mass is 347 g/mol. The van der Waals surface area contributed by atoms with E-state index in [1.807, 2.05) is 32.0 Å². The third-order valence-corrected chi connectivity index (χ3v) is 4.71. The summed E-state index contributed by atoms with van der Waals surface area (Å²) in [5.41, 5.74) is 3.81.